The van der Waals surface area contributed by atoms with E-state index in [1.165, 1.54) is 6.07 Å². The van der Waals surface area contributed by atoms with Gasteiger partial charge in [0.25, 0.3) is 0 Å². The number of amides is 1. The second-order valence-corrected chi connectivity index (χ2v) is 8.48. The van der Waals surface area contributed by atoms with Crippen LogP contribution in [0.15, 0.2) is 24.4 Å². The molecule has 1 atom stereocenters. The number of carboxylic acids is 2. The number of benzene rings is 1. The average Bonchev–Trinajstić information content (AvgIpc) is 2.96. The lowest BCUT2D eigenvalue weighted by Crippen LogP contribution is -2.51. The van der Waals surface area contributed by atoms with Crippen LogP contribution in [-0.4, -0.2) is 74.4 Å². The van der Waals surface area contributed by atoms with E-state index < -0.39 is 29.7 Å². The third kappa shape index (κ3) is 4.40. The van der Waals surface area contributed by atoms with E-state index in [2.05, 4.69) is 0 Å². The smallest absolute Gasteiger partial charge is 0.410 e. The molecule has 9 heteroatoms. The van der Waals surface area contributed by atoms with Gasteiger partial charge in [-0.05, 0) is 32.9 Å². The molecule has 2 aromatic rings. The van der Waals surface area contributed by atoms with E-state index in [-0.39, 0.29) is 5.56 Å². The maximum absolute atomic E-state index is 12.3. The average molecular weight is 417 g/mol. The third-order valence-corrected chi connectivity index (χ3v) is 5.13. The lowest BCUT2D eigenvalue weighted by atomic mass is 10.0. The molecule has 0 saturated carbocycles. The minimum Gasteiger partial charge on any atom is -0.480 e. The van der Waals surface area contributed by atoms with Gasteiger partial charge >= 0.3 is 18.0 Å². The molecule has 162 valence electrons. The highest BCUT2D eigenvalue weighted by molar-refractivity contribution is 5.96. The van der Waals surface area contributed by atoms with Gasteiger partial charge < -0.3 is 24.4 Å². The van der Waals surface area contributed by atoms with Crippen LogP contribution in [0.5, 0.6) is 0 Å². The normalized spacial score (nSPS) is 16.5. The highest BCUT2D eigenvalue weighted by Crippen LogP contribution is 2.31. The van der Waals surface area contributed by atoms with Crippen molar-refractivity contribution in [3.63, 3.8) is 0 Å². The van der Waals surface area contributed by atoms with Crippen molar-refractivity contribution in [1.29, 1.82) is 0 Å². The predicted octanol–water partition coefficient (Wildman–Crippen LogP) is 2.55. The maximum atomic E-state index is 12.3. The third-order valence-electron chi connectivity index (χ3n) is 5.13. The summed E-state index contributed by atoms with van der Waals surface area (Å²) in [5, 5.41) is 19.9. The Hall–Kier alpha value is -3.07. The first-order valence-electron chi connectivity index (χ1n) is 9.75. The Morgan fingerprint density at radius 3 is 2.23 bits per heavy atom. The fourth-order valence-corrected chi connectivity index (χ4v) is 3.74. The fourth-order valence-electron chi connectivity index (χ4n) is 3.74. The van der Waals surface area contributed by atoms with Crippen LogP contribution in [0.1, 0.15) is 42.7 Å². The summed E-state index contributed by atoms with van der Waals surface area (Å²) in [6, 6.07) is 3.78. The van der Waals surface area contributed by atoms with Crippen molar-refractivity contribution in [2.75, 3.05) is 26.2 Å². The van der Waals surface area contributed by atoms with Gasteiger partial charge in [0.05, 0.1) is 5.56 Å². The van der Waals surface area contributed by atoms with Crippen LogP contribution < -0.4 is 0 Å². The molecule has 0 unspecified atom stereocenters. The van der Waals surface area contributed by atoms with Gasteiger partial charge in [-0.3, -0.25) is 9.69 Å². The molecule has 1 aromatic heterocycles. The molecule has 0 bridgehead atoms. The summed E-state index contributed by atoms with van der Waals surface area (Å²) >= 11 is 0. The number of carbonyl (C=O) groups is 3. The van der Waals surface area contributed by atoms with Crippen molar-refractivity contribution in [2.24, 2.45) is 7.05 Å². The summed E-state index contributed by atoms with van der Waals surface area (Å²) in [5.74, 6) is -2.02. The number of hydrogen-bond acceptors (Lipinski definition) is 5. The predicted molar refractivity (Wildman–Crippen MR) is 110 cm³/mol. The Morgan fingerprint density at radius 2 is 1.70 bits per heavy atom. The van der Waals surface area contributed by atoms with Gasteiger partial charge in [-0.25, -0.2) is 9.59 Å². The number of ether oxygens (including phenoxy) is 1. The molecular formula is C21H27N3O6. The van der Waals surface area contributed by atoms with Crippen molar-refractivity contribution < 1.29 is 29.3 Å². The number of aryl methyl sites for hydroxylation is 1. The molecule has 1 amide bonds. The quantitative estimate of drug-likeness (QED) is 0.786. The standard InChI is InChI=1S/C21H27N3O6/c1-21(2,3)30-20(29)24-9-7-23(8-10-24)17(19(27)28)15-12-22(4)16-11-13(18(25)26)5-6-14(15)16/h5-6,11-12,17H,7-10H2,1-4H3,(H,25,26)(H,27,28)/t17-/m1/s1. The number of hydrogen-bond donors (Lipinski definition) is 2. The van der Waals surface area contributed by atoms with Crippen molar-refractivity contribution in [1.82, 2.24) is 14.4 Å². The van der Waals surface area contributed by atoms with Crippen LogP contribution in [0, 0.1) is 0 Å². The van der Waals surface area contributed by atoms with Crippen LogP contribution in [-0.2, 0) is 16.6 Å². The summed E-state index contributed by atoms with van der Waals surface area (Å²) in [6.45, 7) is 6.92. The summed E-state index contributed by atoms with van der Waals surface area (Å²) in [5.41, 5.74) is 0.814. The topological polar surface area (TPSA) is 112 Å². The van der Waals surface area contributed by atoms with Crippen LogP contribution in [0.3, 0.4) is 0 Å². The molecule has 1 fully saturated rings. The number of piperazine rings is 1. The van der Waals surface area contributed by atoms with Crippen molar-refractivity contribution >= 4 is 28.9 Å². The number of nitrogens with zero attached hydrogens (tertiary/aromatic N) is 3. The first-order valence-corrected chi connectivity index (χ1v) is 9.75. The molecular weight excluding hydrogens is 390 g/mol. The van der Waals surface area contributed by atoms with Gasteiger partial charge in [-0.15, -0.1) is 0 Å². The zero-order valence-electron chi connectivity index (χ0n) is 17.6. The Morgan fingerprint density at radius 1 is 1.07 bits per heavy atom. The van der Waals surface area contributed by atoms with Gasteiger partial charge in [0.2, 0.25) is 0 Å². The number of aliphatic carboxylic acids is 1. The maximum Gasteiger partial charge on any atom is 0.410 e. The lowest BCUT2D eigenvalue weighted by Gasteiger charge is -2.38. The van der Waals surface area contributed by atoms with E-state index in [1.807, 2.05) is 4.90 Å². The number of aromatic nitrogens is 1. The van der Waals surface area contributed by atoms with Crippen molar-refractivity contribution in [2.45, 2.75) is 32.4 Å². The van der Waals surface area contributed by atoms with E-state index in [0.717, 1.165) is 0 Å². The second kappa shape index (κ2) is 7.98. The number of carboxylic acid groups (broad SMARTS) is 2. The Labute approximate surface area is 174 Å². The summed E-state index contributed by atoms with van der Waals surface area (Å²) < 4.78 is 7.14. The zero-order chi connectivity index (χ0) is 22.2. The molecule has 1 saturated heterocycles. The molecule has 0 radical (unpaired) electrons. The zero-order valence-corrected chi connectivity index (χ0v) is 17.6. The van der Waals surface area contributed by atoms with E-state index in [0.29, 0.717) is 42.6 Å². The molecule has 1 aliphatic rings. The van der Waals surface area contributed by atoms with Crippen LogP contribution >= 0.6 is 0 Å². The number of fused-ring (bicyclic) bond motifs is 1. The summed E-state index contributed by atoms with van der Waals surface area (Å²) in [7, 11) is 1.76. The van der Waals surface area contributed by atoms with Gasteiger partial charge in [0, 0.05) is 55.9 Å². The van der Waals surface area contributed by atoms with E-state index >= 15 is 0 Å². The van der Waals surface area contributed by atoms with E-state index in [1.54, 1.807) is 55.6 Å². The summed E-state index contributed by atoms with van der Waals surface area (Å²) in [4.78, 5) is 39.1. The minimum atomic E-state index is -1.03. The Kier molecular flexibility index (Phi) is 5.76. The van der Waals surface area contributed by atoms with Gasteiger partial charge in [-0.1, -0.05) is 6.07 Å². The molecule has 1 aliphatic heterocycles. The lowest BCUT2D eigenvalue weighted by molar-refractivity contribution is -0.144. The Bertz CT molecular complexity index is 983. The van der Waals surface area contributed by atoms with Gasteiger partial charge in [-0.2, -0.15) is 0 Å². The number of rotatable bonds is 4. The molecule has 0 spiro atoms. The van der Waals surface area contributed by atoms with Crippen molar-refractivity contribution in [3.8, 4) is 0 Å². The van der Waals surface area contributed by atoms with Crippen LogP contribution in [0.4, 0.5) is 4.79 Å². The molecule has 3 rings (SSSR count). The van der Waals surface area contributed by atoms with Crippen molar-refractivity contribution in [3.05, 3.63) is 35.5 Å². The highest BCUT2D eigenvalue weighted by atomic mass is 16.6. The molecule has 2 heterocycles. The minimum absolute atomic E-state index is 0.146. The highest BCUT2D eigenvalue weighted by Gasteiger charge is 2.34. The molecule has 0 aliphatic carbocycles. The number of aromatic carboxylic acids is 1. The molecule has 1 aromatic carbocycles. The van der Waals surface area contributed by atoms with E-state index in [4.69, 9.17) is 4.74 Å². The van der Waals surface area contributed by atoms with Crippen LogP contribution in [0.25, 0.3) is 10.9 Å². The summed E-state index contributed by atoms with van der Waals surface area (Å²) in [6.07, 6.45) is 1.33. The van der Waals surface area contributed by atoms with Crippen LogP contribution in [0.2, 0.25) is 0 Å². The molecule has 9 nitrogen and oxygen atoms in total. The van der Waals surface area contributed by atoms with Gasteiger partial charge in [0.15, 0.2) is 0 Å². The molecule has 2 N–H and O–H groups in total. The van der Waals surface area contributed by atoms with Gasteiger partial charge in [0.1, 0.15) is 11.6 Å². The monoisotopic (exact) mass is 417 g/mol. The SMILES string of the molecule is Cn1cc([C@H](C(=O)O)N2CCN(C(=O)OC(C)(C)C)CC2)c2ccc(C(=O)O)cc21. The first kappa shape index (κ1) is 21.6. The fraction of sp³-hybridized carbons (Fsp3) is 0.476. The number of carbonyl (C=O) groups excluding carboxylic acids is 1. The second-order valence-electron chi connectivity index (χ2n) is 8.48. The first-order chi connectivity index (χ1) is 14.0. The Balaban J connectivity index is 1.84. The largest absolute Gasteiger partial charge is 0.480 e. The molecule has 30 heavy (non-hydrogen) atoms. The van der Waals surface area contributed by atoms with E-state index in [9.17, 15) is 24.6 Å².